The molecule has 1 atom stereocenters. The summed E-state index contributed by atoms with van der Waals surface area (Å²) < 4.78 is 15.9. The Labute approximate surface area is 131 Å². The van der Waals surface area contributed by atoms with Crippen LogP contribution in [0.15, 0.2) is 24.8 Å². The first-order valence-electron chi connectivity index (χ1n) is 7.37. The largest absolute Gasteiger partial charge is 0.493 e. The lowest BCUT2D eigenvalue weighted by atomic mass is 9.82. The van der Waals surface area contributed by atoms with Crippen LogP contribution in [-0.4, -0.2) is 32.3 Å². The Bertz CT molecular complexity index is 570. The Morgan fingerprint density at radius 1 is 1.32 bits per heavy atom. The van der Waals surface area contributed by atoms with E-state index in [-0.39, 0.29) is 5.97 Å². The Hall–Kier alpha value is -2.01. The van der Waals surface area contributed by atoms with E-state index >= 15 is 0 Å². The standard InChI is InChI=1S/C17H23NO4/c1-5-7-17(16(19)22-6-2)10-12-8-14(20-3)15(21-4)9-13(12)11-18-17/h5,8-9,18H,1,6-7,10-11H2,2-4H3/t17-/m0/s1. The summed E-state index contributed by atoms with van der Waals surface area (Å²) in [6, 6.07) is 3.89. The van der Waals surface area contributed by atoms with Gasteiger partial charge in [0.05, 0.1) is 20.8 Å². The van der Waals surface area contributed by atoms with E-state index in [2.05, 4.69) is 11.9 Å². The lowest BCUT2D eigenvalue weighted by Gasteiger charge is -2.36. The number of carbonyl (C=O) groups excluding carboxylic acids is 1. The zero-order chi connectivity index (χ0) is 16.2. The maximum atomic E-state index is 12.4. The minimum absolute atomic E-state index is 0.240. The first kappa shape index (κ1) is 16.4. The van der Waals surface area contributed by atoms with Crippen LogP contribution >= 0.6 is 0 Å². The number of methoxy groups -OCH3 is 2. The molecular weight excluding hydrogens is 282 g/mol. The second-order valence-corrected chi connectivity index (χ2v) is 5.30. The van der Waals surface area contributed by atoms with Crippen LogP contribution in [0, 0.1) is 0 Å². The molecule has 0 saturated heterocycles. The van der Waals surface area contributed by atoms with Gasteiger partial charge in [-0.3, -0.25) is 10.1 Å². The molecule has 120 valence electrons. The molecular formula is C17H23NO4. The maximum absolute atomic E-state index is 12.4. The molecule has 0 saturated carbocycles. The van der Waals surface area contributed by atoms with Crippen LogP contribution in [0.1, 0.15) is 24.5 Å². The van der Waals surface area contributed by atoms with Crippen LogP contribution < -0.4 is 14.8 Å². The van der Waals surface area contributed by atoms with Crippen molar-refractivity contribution in [3.63, 3.8) is 0 Å². The molecule has 1 aliphatic rings. The molecule has 5 nitrogen and oxygen atoms in total. The van der Waals surface area contributed by atoms with E-state index in [1.807, 2.05) is 19.1 Å². The van der Waals surface area contributed by atoms with Crippen molar-refractivity contribution < 1.29 is 19.0 Å². The fourth-order valence-electron chi connectivity index (χ4n) is 2.83. The molecule has 0 radical (unpaired) electrons. The molecule has 0 bridgehead atoms. The van der Waals surface area contributed by atoms with Gasteiger partial charge in [0.2, 0.25) is 0 Å². The van der Waals surface area contributed by atoms with Crippen LogP contribution in [0.3, 0.4) is 0 Å². The van der Waals surface area contributed by atoms with Gasteiger partial charge in [-0.1, -0.05) is 6.08 Å². The second-order valence-electron chi connectivity index (χ2n) is 5.30. The first-order chi connectivity index (χ1) is 10.6. The van der Waals surface area contributed by atoms with E-state index in [0.717, 1.165) is 11.1 Å². The smallest absolute Gasteiger partial charge is 0.327 e. The minimum atomic E-state index is -0.760. The van der Waals surface area contributed by atoms with Gasteiger partial charge >= 0.3 is 5.97 Å². The highest BCUT2D eigenvalue weighted by atomic mass is 16.5. The van der Waals surface area contributed by atoms with E-state index in [0.29, 0.717) is 37.5 Å². The van der Waals surface area contributed by atoms with Crippen molar-refractivity contribution in [2.45, 2.75) is 31.8 Å². The molecule has 0 fully saturated rings. The molecule has 0 aliphatic carbocycles. The van der Waals surface area contributed by atoms with Gasteiger partial charge in [0.25, 0.3) is 0 Å². The summed E-state index contributed by atoms with van der Waals surface area (Å²) in [5.74, 6) is 1.12. The lowest BCUT2D eigenvalue weighted by molar-refractivity contribution is -0.151. The second kappa shape index (κ2) is 6.83. The summed E-state index contributed by atoms with van der Waals surface area (Å²) in [7, 11) is 3.22. The Kier molecular flexibility index (Phi) is 5.08. The normalized spacial score (nSPS) is 20.0. The molecule has 1 N–H and O–H groups in total. The number of ether oxygens (including phenoxy) is 3. The van der Waals surface area contributed by atoms with Crippen molar-refractivity contribution >= 4 is 5.97 Å². The first-order valence-corrected chi connectivity index (χ1v) is 7.37. The molecule has 0 aromatic heterocycles. The molecule has 22 heavy (non-hydrogen) atoms. The number of hydrogen-bond acceptors (Lipinski definition) is 5. The van der Waals surface area contributed by atoms with Gasteiger partial charge < -0.3 is 14.2 Å². The fraction of sp³-hybridized carbons (Fsp3) is 0.471. The van der Waals surface area contributed by atoms with Crippen molar-refractivity contribution in [1.29, 1.82) is 0 Å². The minimum Gasteiger partial charge on any atom is -0.493 e. The summed E-state index contributed by atoms with van der Waals surface area (Å²) in [6.07, 6.45) is 2.79. The number of rotatable bonds is 6. The van der Waals surface area contributed by atoms with Crippen LogP contribution in [0.5, 0.6) is 11.5 Å². The topological polar surface area (TPSA) is 56.8 Å². The third-order valence-electron chi connectivity index (χ3n) is 3.97. The third-order valence-corrected chi connectivity index (χ3v) is 3.97. The number of nitrogens with one attached hydrogen (secondary N) is 1. The lowest BCUT2D eigenvalue weighted by Crippen LogP contribution is -2.56. The molecule has 1 heterocycles. The van der Waals surface area contributed by atoms with E-state index in [4.69, 9.17) is 14.2 Å². The molecule has 5 heteroatoms. The Morgan fingerprint density at radius 2 is 1.95 bits per heavy atom. The molecule has 1 aliphatic heterocycles. The predicted octanol–water partition coefficient (Wildman–Crippen LogP) is 2.23. The molecule has 2 rings (SSSR count). The number of carbonyl (C=O) groups is 1. The van der Waals surface area contributed by atoms with Crippen LogP contribution in [-0.2, 0) is 22.5 Å². The van der Waals surface area contributed by atoms with E-state index < -0.39 is 5.54 Å². The van der Waals surface area contributed by atoms with Gasteiger partial charge in [-0.2, -0.15) is 0 Å². The Balaban J connectivity index is 2.39. The van der Waals surface area contributed by atoms with Crippen molar-refractivity contribution in [1.82, 2.24) is 5.32 Å². The molecule has 0 spiro atoms. The number of benzene rings is 1. The average molecular weight is 305 g/mol. The molecule has 0 amide bonds. The summed E-state index contributed by atoms with van der Waals surface area (Å²) in [6.45, 7) is 6.51. The van der Waals surface area contributed by atoms with Crippen molar-refractivity contribution in [2.24, 2.45) is 0 Å². The number of hydrogen-bond donors (Lipinski definition) is 1. The maximum Gasteiger partial charge on any atom is 0.327 e. The summed E-state index contributed by atoms with van der Waals surface area (Å²) in [5, 5.41) is 3.32. The quantitative estimate of drug-likeness (QED) is 0.645. The predicted molar refractivity (Wildman–Crippen MR) is 84.3 cm³/mol. The highest BCUT2D eigenvalue weighted by molar-refractivity contribution is 5.82. The van der Waals surface area contributed by atoms with Crippen molar-refractivity contribution in [3.8, 4) is 11.5 Å². The van der Waals surface area contributed by atoms with Crippen LogP contribution in [0.2, 0.25) is 0 Å². The summed E-state index contributed by atoms with van der Waals surface area (Å²) in [5.41, 5.74) is 1.40. The highest BCUT2D eigenvalue weighted by Crippen LogP contribution is 2.35. The van der Waals surface area contributed by atoms with E-state index in [9.17, 15) is 4.79 Å². The van der Waals surface area contributed by atoms with Gasteiger partial charge in [0.15, 0.2) is 11.5 Å². The van der Waals surface area contributed by atoms with E-state index in [1.54, 1.807) is 20.3 Å². The van der Waals surface area contributed by atoms with E-state index in [1.165, 1.54) is 0 Å². The van der Waals surface area contributed by atoms with Gasteiger partial charge in [0, 0.05) is 13.0 Å². The zero-order valence-corrected chi connectivity index (χ0v) is 13.4. The van der Waals surface area contributed by atoms with Crippen LogP contribution in [0.4, 0.5) is 0 Å². The van der Waals surface area contributed by atoms with Gasteiger partial charge in [-0.25, -0.2) is 0 Å². The fourth-order valence-corrected chi connectivity index (χ4v) is 2.83. The van der Waals surface area contributed by atoms with Gasteiger partial charge in [-0.05, 0) is 36.6 Å². The monoisotopic (exact) mass is 305 g/mol. The Morgan fingerprint density at radius 3 is 2.50 bits per heavy atom. The summed E-state index contributed by atoms with van der Waals surface area (Å²) in [4.78, 5) is 12.4. The number of esters is 1. The summed E-state index contributed by atoms with van der Waals surface area (Å²) >= 11 is 0. The molecule has 1 aromatic rings. The molecule has 0 unspecified atom stereocenters. The van der Waals surface area contributed by atoms with Crippen molar-refractivity contribution in [3.05, 3.63) is 35.9 Å². The van der Waals surface area contributed by atoms with Gasteiger partial charge in [-0.15, -0.1) is 6.58 Å². The SMILES string of the molecule is C=CC[C@@]1(C(=O)OCC)Cc2cc(OC)c(OC)cc2CN1. The van der Waals surface area contributed by atoms with Gasteiger partial charge in [0.1, 0.15) is 5.54 Å². The number of fused-ring (bicyclic) bond motifs is 1. The zero-order valence-electron chi connectivity index (χ0n) is 13.4. The molecule has 1 aromatic carbocycles. The highest BCUT2D eigenvalue weighted by Gasteiger charge is 2.41. The van der Waals surface area contributed by atoms with Crippen molar-refractivity contribution in [2.75, 3.05) is 20.8 Å². The van der Waals surface area contributed by atoms with Crippen LogP contribution in [0.25, 0.3) is 0 Å². The third kappa shape index (κ3) is 2.95. The average Bonchev–Trinajstić information content (AvgIpc) is 2.53.